The molecule has 0 spiro atoms. The lowest BCUT2D eigenvalue weighted by atomic mass is 9.88. The molecule has 0 aromatic rings. The van der Waals surface area contributed by atoms with E-state index in [9.17, 15) is 131 Å². The number of hydrogen-bond acceptors (Lipinski definition) is 35. The number of rotatable bonds is 25. The Morgan fingerprint density at radius 1 is 0.443 bits per heavy atom. The van der Waals surface area contributed by atoms with Crippen molar-refractivity contribution in [3.63, 3.8) is 0 Å². The highest BCUT2D eigenvalue weighted by atomic mass is 16.8. The Kier molecular flexibility index (Phi) is 25.6. The number of aliphatic carboxylic acids is 2. The summed E-state index contributed by atoms with van der Waals surface area (Å²) in [6.45, 7) is -4.55. The summed E-state index contributed by atoms with van der Waals surface area (Å²) in [5.74, 6) is -14.0. The topological polar surface area (TPSA) is 648 Å². The molecule has 1 unspecified atom stereocenters. The summed E-state index contributed by atoms with van der Waals surface area (Å²) in [6, 6.07) is -5.66. The summed E-state index contributed by atoms with van der Waals surface area (Å²) < 4.78 is 63.8. The van der Waals surface area contributed by atoms with Gasteiger partial charge in [-0.25, -0.2) is 9.59 Å². The van der Waals surface area contributed by atoms with Gasteiger partial charge in [-0.2, -0.15) is 0 Å². The molecule has 88 heavy (non-hydrogen) atoms. The molecule has 6 saturated heterocycles. The van der Waals surface area contributed by atoms with E-state index in [0.29, 0.717) is 0 Å². The van der Waals surface area contributed by atoms with E-state index in [-0.39, 0.29) is 0 Å². The first kappa shape index (κ1) is 73.2. The maximum atomic E-state index is 13.6. The van der Waals surface area contributed by atoms with Gasteiger partial charge in [-0.1, -0.05) is 0 Å². The average molecular weight is 1290 g/mol. The Morgan fingerprint density at radius 2 is 0.807 bits per heavy atom. The van der Waals surface area contributed by atoms with Crippen LogP contribution in [0.3, 0.4) is 0 Å². The van der Waals surface area contributed by atoms with Crippen molar-refractivity contribution in [2.75, 3.05) is 39.6 Å². The minimum Gasteiger partial charge on any atom is -0.477 e. The van der Waals surface area contributed by atoms with Crippen molar-refractivity contribution in [3.8, 4) is 0 Å². The first-order chi connectivity index (χ1) is 41.3. The third-order valence-electron chi connectivity index (χ3n) is 15.6. The van der Waals surface area contributed by atoms with Crippen LogP contribution in [0.15, 0.2) is 0 Å². The highest BCUT2D eigenvalue weighted by molar-refractivity contribution is 5.77. The Hall–Kier alpha value is -3.85. The first-order valence-electron chi connectivity index (χ1n) is 27.4. The average Bonchev–Trinajstić information content (AvgIpc) is 1.30. The van der Waals surface area contributed by atoms with Crippen LogP contribution >= 0.6 is 0 Å². The molecule has 40 nitrogen and oxygen atoms in total. The summed E-state index contributed by atoms with van der Waals surface area (Å²) in [6.07, 6.45) is -63.1. The van der Waals surface area contributed by atoms with Gasteiger partial charge in [0.1, 0.15) is 134 Å². The normalized spacial score (nSPS) is 44.6. The van der Waals surface area contributed by atoms with Gasteiger partial charge in [0.25, 0.3) is 11.6 Å². The van der Waals surface area contributed by atoms with Gasteiger partial charge in [-0.3, -0.25) is 14.4 Å². The number of aliphatic hydroxyl groups is 19. The summed E-state index contributed by atoms with van der Waals surface area (Å²) >= 11 is 0. The van der Waals surface area contributed by atoms with E-state index < -0.39 is 277 Å². The molecule has 508 valence electrons. The predicted molar refractivity (Wildman–Crippen MR) is 268 cm³/mol. The maximum Gasteiger partial charge on any atom is 0.364 e. The Bertz CT molecular complexity index is 2320. The molecule has 0 bridgehead atoms. The van der Waals surface area contributed by atoms with Crippen molar-refractivity contribution >= 4 is 29.7 Å². The number of carbonyl (C=O) groups excluding carboxylic acids is 3. The molecular formula is C48H79N3O37. The fraction of sp³-hybridized carbons (Fsp3) is 0.896. The van der Waals surface area contributed by atoms with E-state index in [1.807, 2.05) is 0 Å². The van der Waals surface area contributed by atoms with E-state index >= 15 is 0 Å². The highest BCUT2D eigenvalue weighted by Gasteiger charge is 2.64. The Labute approximate surface area is 496 Å². The number of hydrogen-bond donors (Lipinski definition) is 24. The molecular weight excluding hydrogens is 1210 g/mol. The van der Waals surface area contributed by atoms with Gasteiger partial charge in [0.15, 0.2) is 25.2 Å². The zero-order chi connectivity index (χ0) is 65.8. The molecule has 6 rings (SSSR count). The van der Waals surface area contributed by atoms with Gasteiger partial charge >= 0.3 is 11.9 Å². The van der Waals surface area contributed by atoms with Crippen LogP contribution in [0.4, 0.5) is 0 Å². The SMILES string of the molecule is CC(=O)N[C@H]1[C@@H](O[C@@H]2[C@H](O[C@]3(C(=O)O)C[C@H](O)[C@@H](NC(C)=O)[C@H]([C@H](O)[C@H](O)CO)O3)[C@@H](O)[C@H](O[C@H]3[C@H](O)[C@@H](O)C(O)O[C@@H]3CO)O[C@@H]2CO)O[C@H](CO)[C@H](O)[C@@H]1O[C@@H]1O[C@H](CO)[C@H](O)[C@H](O[C@]2(C(=O)O)C[C@H](O)[C@@H](NC(C)=O)[C@H]([C@H](O)[C@H](O)CO)O2)[C@H]1O. The number of aliphatic hydroxyl groups excluding tert-OH is 19. The molecule has 0 aromatic carbocycles. The quantitative estimate of drug-likeness (QED) is 0.0404. The molecule has 0 aromatic heterocycles. The number of amides is 3. The molecule has 24 N–H and O–H groups in total. The van der Waals surface area contributed by atoms with Gasteiger partial charge < -0.3 is 175 Å². The molecule has 0 saturated carbocycles. The van der Waals surface area contributed by atoms with Gasteiger partial charge in [0, 0.05) is 33.6 Å². The zero-order valence-corrected chi connectivity index (χ0v) is 46.9. The van der Waals surface area contributed by atoms with Crippen LogP contribution < -0.4 is 16.0 Å². The second kappa shape index (κ2) is 30.7. The summed E-state index contributed by atoms with van der Waals surface area (Å²) in [4.78, 5) is 64.4. The number of carbonyl (C=O) groups is 5. The van der Waals surface area contributed by atoms with Gasteiger partial charge in [-0.05, 0) is 0 Å². The summed E-state index contributed by atoms with van der Waals surface area (Å²) in [5.41, 5.74) is 0. The molecule has 0 radical (unpaired) electrons. The van der Waals surface area contributed by atoms with Crippen LogP contribution in [0.5, 0.6) is 0 Å². The molecule has 3 amide bonds. The summed E-state index contributed by atoms with van der Waals surface area (Å²) in [5, 5.41) is 235. The van der Waals surface area contributed by atoms with Gasteiger partial charge in [0.05, 0.1) is 63.9 Å². The van der Waals surface area contributed by atoms with Crippen molar-refractivity contribution in [3.05, 3.63) is 0 Å². The van der Waals surface area contributed by atoms with E-state index in [2.05, 4.69) is 16.0 Å². The van der Waals surface area contributed by atoms with Crippen LogP contribution in [0.25, 0.3) is 0 Å². The van der Waals surface area contributed by atoms with Crippen LogP contribution in [0, 0.1) is 0 Å². The van der Waals surface area contributed by atoms with Crippen molar-refractivity contribution in [2.24, 2.45) is 0 Å². The van der Waals surface area contributed by atoms with Crippen LogP contribution in [-0.2, 0) is 76.1 Å². The third kappa shape index (κ3) is 15.6. The largest absolute Gasteiger partial charge is 0.477 e. The second-order valence-electron chi connectivity index (χ2n) is 21.8. The number of nitrogens with one attached hydrogen (secondary N) is 3. The molecule has 6 heterocycles. The van der Waals surface area contributed by atoms with Crippen LogP contribution in [-0.4, -0.2) is 372 Å². The molecule has 6 fully saturated rings. The van der Waals surface area contributed by atoms with E-state index in [0.717, 1.165) is 20.8 Å². The minimum absolute atomic E-state index is 0.864. The third-order valence-corrected chi connectivity index (χ3v) is 15.6. The second-order valence-corrected chi connectivity index (χ2v) is 21.8. The Morgan fingerprint density at radius 3 is 1.23 bits per heavy atom. The number of carboxylic acid groups (broad SMARTS) is 2. The fourth-order valence-electron chi connectivity index (χ4n) is 11.1. The zero-order valence-electron chi connectivity index (χ0n) is 46.9. The lowest BCUT2D eigenvalue weighted by Crippen LogP contribution is -2.72. The summed E-state index contributed by atoms with van der Waals surface area (Å²) in [7, 11) is 0. The predicted octanol–water partition coefficient (Wildman–Crippen LogP) is -15.3. The van der Waals surface area contributed by atoms with Crippen molar-refractivity contribution < 1.29 is 183 Å². The fourth-order valence-corrected chi connectivity index (χ4v) is 11.1. The molecule has 40 heteroatoms. The van der Waals surface area contributed by atoms with Crippen molar-refractivity contribution in [2.45, 2.75) is 229 Å². The van der Waals surface area contributed by atoms with E-state index in [1.165, 1.54) is 0 Å². The van der Waals surface area contributed by atoms with E-state index in [4.69, 9.17) is 52.1 Å². The van der Waals surface area contributed by atoms with Crippen molar-refractivity contribution in [1.29, 1.82) is 0 Å². The first-order valence-corrected chi connectivity index (χ1v) is 27.4. The molecule has 32 atom stereocenters. The lowest BCUT2D eigenvalue weighted by Gasteiger charge is -2.53. The molecule has 0 aliphatic carbocycles. The lowest BCUT2D eigenvalue weighted by molar-refractivity contribution is -0.404. The molecule has 6 aliphatic heterocycles. The number of ether oxygens (including phenoxy) is 11. The standard InChI is InChI=1S/C48H79N3O37/c1-12(58)49-23-15(61)4-47(45(74)75,85-37(23)26(65)17(63)6-52)87-39-29(68)20(9-55)80-43(32(39)71)84-36-25(51-14(3)60)42(79-19(8-54)28(36)67)83-35-22(11-57)81-44(82-34-21(10-56)78-41(73)31(70)30(34)69)33(72)40(35)88-48(46(76)77)5-16(62)24(50-13(2)59)38(86-48)27(66)18(64)7-53/h15-44,52-57,61-73H,4-11H2,1-3H3,(H,49,58)(H,50,59)(H,51,60)(H,74,75)(H,76,77)/t15-,16-,17+,18+,19+,20+,21+,22+,23+,24+,25+,26+,27+,28-,29-,30+,31+,32+,33+,34+,35-,36+,37+,38+,39-,40+,41?,42+,43-,44-,47-,48-/m0/s1. The molecule has 6 aliphatic rings. The monoisotopic (exact) mass is 1290 g/mol. The van der Waals surface area contributed by atoms with Crippen LogP contribution in [0.2, 0.25) is 0 Å². The van der Waals surface area contributed by atoms with Crippen LogP contribution in [0.1, 0.15) is 33.6 Å². The maximum absolute atomic E-state index is 13.6. The Balaban J connectivity index is 1.42. The van der Waals surface area contributed by atoms with Crippen molar-refractivity contribution in [1.82, 2.24) is 16.0 Å². The smallest absolute Gasteiger partial charge is 0.364 e. The highest BCUT2D eigenvalue weighted by Crippen LogP contribution is 2.42. The number of carboxylic acids is 2. The van der Waals surface area contributed by atoms with E-state index in [1.54, 1.807) is 0 Å². The van der Waals surface area contributed by atoms with Gasteiger partial charge in [0.2, 0.25) is 17.7 Å². The van der Waals surface area contributed by atoms with Gasteiger partial charge in [-0.15, -0.1) is 0 Å². The minimum atomic E-state index is -3.44.